The first-order valence-electron chi connectivity index (χ1n) is 5.28. The Labute approximate surface area is 104 Å². The van der Waals surface area contributed by atoms with E-state index in [9.17, 15) is 5.11 Å². The van der Waals surface area contributed by atoms with Gasteiger partial charge in [-0.15, -0.1) is 0 Å². The third kappa shape index (κ3) is 2.97. The Morgan fingerprint density at radius 3 is 2.94 bits per heavy atom. The summed E-state index contributed by atoms with van der Waals surface area (Å²) in [6.07, 6.45) is 4.85. The largest absolute Gasteiger partial charge is 0.393 e. The number of rotatable bonds is 2. The lowest BCUT2D eigenvalue weighted by atomic mass is 9.93. The van der Waals surface area contributed by atoms with Gasteiger partial charge < -0.3 is 10.4 Å². The molecule has 1 fully saturated rings. The number of hydrogen-bond donors (Lipinski definition) is 2. The fourth-order valence-corrected chi connectivity index (χ4v) is 2.21. The molecule has 1 heterocycles. The lowest BCUT2D eigenvalue weighted by Crippen LogP contribution is -2.30. The first-order chi connectivity index (χ1) is 7.65. The van der Waals surface area contributed by atoms with E-state index in [0.717, 1.165) is 25.7 Å². The standard InChI is InChI=1S/C10H13Cl2N3O/c11-8-5-13-10(12)15-9(8)14-6-2-1-3-7(16)4-6/h5-7,16H,1-4H2,(H,13,14,15). The number of aliphatic hydroxyl groups excluding tert-OH is 1. The molecule has 1 aliphatic carbocycles. The molecule has 0 bridgehead atoms. The van der Waals surface area contributed by atoms with Crippen LogP contribution in [-0.2, 0) is 0 Å². The van der Waals surface area contributed by atoms with E-state index < -0.39 is 0 Å². The van der Waals surface area contributed by atoms with Crippen LogP contribution in [-0.4, -0.2) is 27.2 Å². The number of anilines is 1. The predicted molar refractivity (Wildman–Crippen MR) is 63.9 cm³/mol. The average molecular weight is 262 g/mol. The summed E-state index contributed by atoms with van der Waals surface area (Å²) < 4.78 is 0. The van der Waals surface area contributed by atoms with Crippen molar-refractivity contribution in [3.05, 3.63) is 16.5 Å². The molecule has 1 aliphatic rings. The zero-order valence-corrected chi connectivity index (χ0v) is 10.2. The van der Waals surface area contributed by atoms with E-state index in [1.807, 2.05) is 0 Å². The minimum atomic E-state index is -0.234. The van der Waals surface area contributed by atoms with Crippen molar-refractivity contribution in [1.82, 2.24) is 9.97 Å². The molecule has 2 rings (SSSR count). The molecular formula is C10H13Cl2N3O. The van der Waals surface area contributed by atoms with Crippen LogP contribution in [0.3, 0.4) is 0 Å². The van der Waals surface area contributed by atoms with Gasteiger partial charge in [-0.2, -0.15) is 4.98 Å². The average Bonchev–Trinajstić information content (AvgIpc) is 2.24. The highest BCUT2D eigenvalue weighted by Gasteiger charge is 2.21. The molecule has 0 spiro atoms. The lowest BCUT2D eigenvalue weighted by Gasteiger charge is -2.27. The van der Waals surface area contributed by atoms with Crippen molar-refractivity contribution in [1.29, 1.82) is 0 Å². The van der Waals surface area contributed by atoms with Gasteiger partial charge in [0.1, 0.15) is 10.8 Å². The van der Waals surface area contributed by atoms with Crippen molar-refractivity contribution in [2.24, 2.45) is 0 Å². The molecule has 2 atom stereocenters. The second kappa shape index (κ2) is 5.17. The molecule has 1 aromatic rings. The van der Waals surface area contributed by atoms with Crippen LogP contribution in [0.15, 0.2) is 6.20 Å². The van der Waals surface area contributed by atoms with Crippen LogP contribution in [0.5, 0.6) is 0 Å². The van der Waals surface area contributed by atoms with Gasteiger partial charge in [0.25, 0.3) is 0 Å². The van der Waals surface area contributed by atoms with Crippen molar-refractivity contribution in [2.75, 3.05) is 5.32 Å². The molecule has 1 saturated carbocycles. The number of aliphatic hydroxyl groups is 1. The van der Waals surface area contributed by atoms with E-state index in [1.54, 1.807) is 0 Å². The van der Waals surface area contributed by atoms with Gasteiger partial charge in [0.2, 0.25) is 5.28 Å². The van der Waals surface area contributed by atoms with E-state index in [2.05, 4.69) is 15.3 Å². The monoisotopic (exact) mass is 261 g/mol. The maximum atomic E-state index is 9.55. The van der Waals surface area contributed by atoms with Gasteiger partial charge in [-0.3, -0.25) is 0 Å². The fraction of sp³-hybridized carbons (Fsp3) is 0.600. The van der Waals surface area contributed by atoms with Crippen LogP contribution in [0.4, 0.5) is 5.82 Å². The minimum Gasteiger partial charge on any atom is -0.393 e. The summed E-state index contributed by atoms with van der Waals surface area (Å²) >= 11 is 11.6. The van der Waals surface area contributed by atoms with Gasteiger partial charge in [0.05, 0.1) is 12.3 Å². The van der Waals surface area contributed by atoms with E-state index >= 15 is 0 Å². The summed E-state index contributed by atoms with van der Waals surface area (Å²) in [4.78, 5) is 7.80. The molecule has 16 heavy (non-hydrogen) atoms. The molecule has 0 saturated heterocycles. The van der Waals surface area contributed by atoms with E-state index in [1.165, 1.54) is 6.20 Å². The van der Waals surface area contributed by atoms with Crippen molar-refractivity contribution in [2.45, 2.75) is 37.8 Å². The summed E-state index contributed by atoms with van der Waals surface area (Å²) in [7, 11) is 0. The summed E-state index contributed by atoms with van der Waals surface area (Å²) in [6, 6.07) is 0.201. The summed E-state index contributed by atoms with van der Waals surface area (Å²) in [6.45, 7) is 0. The first-order valence-corrected chi connectivity index (χ1v) is 6.03. The Balaban J connectivity index is 2.05. The highest BCUT2D eigenvalue weighted by molar-refractivity contribution is 6.33. The highest BCUT2D eigenvalue weighted by Crippen LogP contribution is 2.25. The topological polar surface area (TPSA) is 58.0 Å². The summed E-state index contributed by atoms with van der Waals surface area (Å²) in [5.41, 5.74) is 0. The van der Waals surface area contributed by atoms with Crippen LogP contribution in [0, 0.1) is 0 Å². The third-order valence-corrected chi connectivity index (χ3v) is 3.16. The second-order valence-corrected chi connectivity index (χ2v) is 4.74. The molecule has 2 unspecified atom stereocenters. The van der Waals surface area contributed by atoms with Crippen LogP contribution < -0.4 is 5.32 Å². The van der Waals surface area contributed by atoms with Gasteiger partial charge in [-0.05, 0) is 37.3 Å². The van der Waals surface area contributed by atoms with Crippen LogP contribution >= 0.6 is 23.2 Å². The molecule has 2 N–H and O–H groups in total. The Kier molecular flexibility index (Phi) is 3.84. The quantitative estimate of drug-likeness (QED) is 0.804. The molecule has 4 nitrogen and oxygen atoms in total. The third-order valence-electron chi connectivity index (χ3n) is 2.70. The zero-order valence-electron chi connectivity index (χ0n) is 8.66. The van der Waals surface area contributed by atoms with E-state index in [0.29, 0.717) is 10.8 Å². The maximum absolute atomic E-state index is 9.55. The van der Waals surface area contributed by atoms with Crippen LogP contribution in [0.25, 0.3) is 0 Å². The van der Waals surface area contributed by atoms with Crippen LogP contribution in [0.2, 0.25) is 10.3 Å². The highest BCUT2D eigenvalue weighted by atomic mass is 35.5. The molecule has 6 heteroatoms. The molecule has 88 valence electrons. The van der Waals surface area contributed by atoms with Crippen molar-refractivity contribution in [3.63, 3.8) is 0 Å². The van der Waals surface area contributed by atoms with Crippen molar-refractivity contribution >= 4 is 29.0 Å². The van der Waals surface area contributed by atoms with Crippen molar-refractivity contribution < 1.29 is 5.11 Å². The normalized spacial score (nSPS) is 25.4. The molecule has 0 radical (unpaired) electrons. The van der Waals surface area contributed by atoms with Gasteiger partial charge in [-0.1, -0.05) is 11.6 Å². The zero-order chi connectivity index (χ0) is 11.5. The summed E-state index contributed by atoms with van der Waals surface area (Å²) in [5, 5.41) is 13.4. The minimum absolute atomic E-state index is 0.170. The smallest absolute Gasteiger partial charge is 0.224 e. The van der Waals surface area contributed by atoms with E-state index in [4.69, 9.17) is 23.2 Å². The Hall–Kier alpha value is -0.580. The Bertz CT molecular complexity index is 375. The Morgan fingerprint density at radius 1 is 1.38 bits per heavy atom. The summed E-state index contributed by atoms with van der Waals surface area (Å²) in [5.74, 6) is 0.542. The molecule has 0 aromatic carbocycles. The maximum Gasteiger partial charge on any atom is 0.224 e. The van der Waals surface area contributed by atoms with Crippen molar-refractivity contribution in [3.8, 4) is 0 Å². The molecular weight excluding hydrogens is 249 g/mol. The fourth-order valence-electron chi connectivity index (χ4n) is 1.94. The van der Waals surface area contributed by atoms with Gasteiger partial charge in [0.15, 0.2) is 0 Å². The lowest BCUT2D eigenvalue weighted by molar-refractivity contribution is 0.124. The molecule has 0 amide bonds. The Morgan fingerprint density at radius 2 is 2.19 bits per heavy atom. The SMILES string of the molecule is OC1CCCC(Nc2nc(Cl)ncc2Cl)C1. The second-order valence-electron chi connectivity index (χ2n) is 4.00. The first kappa shape index (κ1) is 11.9. The number of nitrogens with one attached hydrogen (secondary N) is 1. The number of nitrogens with zero attached hydrogens (tertiary/aromatic N) is 2. The number of hydrogen-bond acceptors (Lipinski definition) is 4. The number of halogens is 2. The van der Waals surface area contributed by atoms with Gasteiger partial charge in [-0.25, -0.2) is 4.98 Å². The molecule has 1 aromatic heterocycles. The van der Waals surface area contributed by atoms with E-state index in [-0.39, 0.29) is 17.4 Å². The van der Waals surface area contributed by atoms with Gasteiger partial charge in [0, 0.05) is 6.04 Å². The predicted octanol–water partition coefficient (Wildman–Crippen LogP) is 2.50. The number of aromatic nitrogens is 2. The van der Waals surface area contributed by atoms with Crippen LogP contribution in [0.1, 0.15) is 25.7 Å². The molecule has 0 aliphatic heterocycles. The van der Waals surface area contributed by atoms with Gasteiger partial charge >= 0.3 is 0 Å².